The number of aromatic nitrogens is 3. The Morgan fingerprint density at radius 2 is 0.950 bits per heavy atom. The highest BCUT2D eigenvalue weighted by Gasteiger charge is 2.27. The zero-order valence-electron chi connectivity index (χ0n) is 32.9. The minimum Gasteiger partial charge on any atom is -0.333 e. The lowest BCUT2D eigenvalue weighted by molar-refractivity contribution is 0.383. The van der Waals surface area contributed by atoms with Crippen LogP contribution in [-0.4, -0.2) is 38.2 Å². The molecule has 3 heterocycles. The number of rotatable bonds is 7. The summed E-state index contributed by atoms with van der Waals surface area (Å²) < 4.78 is 2.31. The molecule has 1 atom stereocenters. The van der Waals surface area contributed by atoms with E-state index in [0.717, 1.165) is 89.3 Å². The van der Waals surface area contributed by atoms with Gasteiger partial charge in [0.25, 0.3) is 0 Å². The first-order chi connectivity index (χ1) is 29.7. The fourth-order valence-corrected chi connectivity index (χ4v) is 8.51. The fraction of sp³-hybridized carbons (Fsp3) is 0.0370. The highest BCUT2D eigenvalue weighted by Crippen LogP contribution is 2.39. The highest BCUT2D eigenvalue weighted by molar-refractivity contribution is 6.23. The van der Waals surface area contributed by atoms with Gasteiger partial charge in [-0.1, -0.05) is 176 Å². The van der Waals surface area contributed by atoms with Crippen molar-refractivity contribution >= 4 is 44.4 Å². The van der Waals surface area contributed by atoms with Crippen LogP contribution in [0.5, 0.6) is 0 Å². The number of hydrogen-bond acceptors (Lipinski definition) is 5. The molecule has 0 radical (unpaired) electrons. The molecule has 6 heteroatoms. The fourth-order valence-electron chi connectivity index (χ4n) is 8.51. The summed E-state index contributed by atoms with van der Waals surface area (Å²) in [5.74, 6) is 2.50. The molecular weight excluding hydrogens is 733 g/mol. The van der Waals surface area contributed by atoms with Gasteiger partial charge in [-0.3, -0.25) is 9.55 Å². The normalized spacial score (nSPS) is 14.1. The molecular formula is C54H38N6. The molecule has 11 rings (SSSR count). The number of pyridine rings is 1. The van der Waals surface area contributed by atoms with Crippen LogP contribution in [0.2, 0.25) is 0 Å². The summed E-state index contributed by atoms with van der Waals surface area (Å²) >= 11 is 0. The van der Waals surface area contributed by atoms with E-state index in [9.17, 15) is 0 Å². The molecule has 284 valence electrons. The van der Waals surface area contributed by atoms with Crippen LogP contribution >= 0.6 is 0 Å². The van der Waals surface area contributed by atoms with Crippen molar-refractivity contribution in [2.75, 3.05) is 7.05 Å². The highest BCUT2D eigenvalue weighted by atomic mass is 15.3. The lowest BCUT2D eigenvalue weighted by Crippen LogP contribution is -2.35. The van der Waals surface area contributed by atoms with Gasteiger partial charge in [-0.15, -0.1) is 0 Å². The van der Waals surface area contributed by atoms with E-state index in [2.05, 4.69) is 180 Å². The summed E-state index contributed by atoms with van der Waals surface area (Å²) in [7, 11) is 2.08. The largest absolute Gasteiger partial charge is 0.333 e. The van der Waals surface area contributed by atoms with Crippen LogP contribution in [-0.2, 0) is 0 Å². The first-order valence-electron chi connectivity index (χ1n) is 20.2. The lowest BCUT2D eigenvalue weighted by atomic mass is 10.0. The van der Waals surface area contributed by atoms with Gasteiger partial charge in [0.2, 0.25) is 0 Å². The maximum absolute atomic E-state index is 5.34. The summed E-state index contributed by atoms with van der Waals surface area (Å²) in [5, 5.41) is 3.28. The van der Waals surface area contributed by atoms with Crippen LogP contribution in [0.1, 0.15) is 22.9 Å². The summed E-state index contributed by atoms with van der Waals surface area (Å²) in [6.07, 6.45) is 1.60. The van der Waals surface area contributed by atoms with E-state index in [4.69, 9.17) is 20.0 Å². The van der Waals surface area contributed by atoms with Crippen molar-refractivity contribution in [2.24, 2.45) is 9.98 Å². The van der Waals surface area contributed by atoms with Gasteiger partial charge in [0.05, 0.1) is 16.6 Å². The van der Waals surface area contributed by atoms with E-state index in [1.165, 1.54) is 11.1 Å². The third kappa shape index (κ3) is 6.14. The van der Waals surface area contributed by atoms with Crippen molar-refractivity contribution in [1.82, 2.24) is 19.4 Å². The Labute approximate surface area is 348 Å². The third-order valence-electron chi connectivity index (χ3n) is 11.5. The molecule has 0 saturated carbocycles. The van der Waals surface area contributed by atoms with Crippen molar-refractivity contribution < 1.29 is 0 Å². The molecule has 0 amide bonds. The number of nitrogens with zero attached hydrogens (tertiary/aromatic N) is 6. The minimum atomic E-state index is -0.259. The number of fused-ring (bicyclic) bond motifs is 6. The molecule has 10 aromatic rings. The van der Waals surface area contributed by atoms with E-state index in [0.29, 0.717) is 0 Å². The van der Waals surface area contributed by atoms with Crippen LogP contribution < -0.4 is 0 Å². The van der Waals surface area contributed by atoms with E-state index in [-0.39, 0.29) is 6.17 Å². The molecule has 0 aliphatic carbocycles. The minimum absolute atomic E-state index is 0.259. The van der Waals surface area contributed by atoms with Crippen LogP contribution in [0.15, 0.2) is 216 Å². The molecule has 1 aliphatic rings. The Kier molecular flexibility index (Phi) is 8.67. The first-order valence-corrected chi connectivity index (χ1v) is 20.2. The van der Waals surface area contributed by atoms with Gasteiger partial charge in [0.15, 0.2) is 5.84 Å². The van der Waals surface area contributed by atoms with E-state index < -0.39 is 0 Å². The predicted molar refractivity (Wildman–Crippen MR) is 247 cm³/mol. The van der Waals surface area contributed by atoms with Crippen molar-refractivity contribution in [3.8, 4) is 39.3 Å². The average molecular weight is 771 g/mol. The second-order valence-electron chi connectivity index (χ2n) is 15.1. The third-order valence-corrected chi connectivity index (χ3v) is 11.5. The summed E-state index contributed by atoms with van der Waals surface area (Å²) in [6, 6.07) is 70.1. The monoisotopic (exact) mass is 770 g/mol. The molecule has 0 spiro atoms. The SMILES string of the molecule is CN1C(c2ccc(-c3ccccc3)cc2)=NC(c2ccccc2)=NC1c1ccc(-c2ccc(-n3c(-c4ccccc4)nc4c5cccnc5c5ccccc5c43)cc2)cc1. The van der Waals surface area contributed by atoms with Crippen molar-refractivity contribution in [3.05, 3.63) is 223 Å². The topological polar surface area (TPSA) is 58.7 Å². The second kappa shape index (κ2) is 14.8. The number of imidazole rings is 1. The van der Waals surface area contributed by atoms with Gasteiger partial charge in [-0.2, -0.15) is 0 Å². The maximum Gasteiger partial charge on any atom is 0.159 e. The van der Waals surface area contributed by atoms with Crippen LogP contribution in [0.25, 0.3) is 72.0 Å². The molecule has 6 nitrogen and oxygen atoms in total. The Bertz CT molecular complexity index is 3230. The van der Waals surface area contributed by atoms with Crippen LogP contribution in [0, 0.1) is 0 Å². The first kappa shape index (κ1) is 35.2. The van der Waals surface area contributed by atoms with E-state index in [1.807, 2.05) is 42.6 Å². The molecule has 8 aromatic carbocycles. The Balaban J connectivity index is 0.950. The molecule has 2 aromatic heterocycles. The van der Waals surface area contributed by atoms with Crippen LogP contribution in [0.4, 0.5) is 0 Å². The molecule has 1 aliphatic heterocycles. The molecule has 0 saturated heterocycles. The lowest BCUT2D eigenvalue weighted by Gasteiger charge is -2.32. The van der Waals surface area contributed by atoms with Crippen molar-refractivity contribution in [3.63, 3.8) is 0 Å². The molecule has 60 heavy (non-hydrogen) atoms. The van der Waals surface area contributed by atoms with Gasteiger partial charge >= 0.3 is 0 Å². The Morgan fingerprint density at radius 1 is 0.433 bits per heavy atom. The van der Waals surface area contributed by atoms with Crippen LogP contribution in [0.3, 0.4) is 0 Å². The number of aliphatic imine (C=N–C) groups is 2. The molecule has 0 fully saturated rings. The standard InChI is InChI=1S/C54H38N6/c1-59-52(42-27-23-37(24-28-42)36-14-5-2-6-15-36)57-51(40-16-7-3-8-17-40)58-53(59)43-29-25-38(26-30-43)39-31-33-44(34-32-39)60-50-46-21-12-11-20-45(46)48-47(22-13-35-55-48)49(50)56-54(60)41-18-9-4-10-19-41/h2-35,53H,1H3. The molecule has 0 N–H and O–H groups in total. The molecule has 0 bridgehead atoms. The zero-order valence-corrected chi connectivity index (χ0v) is 32.9. The van der Waals surface area contributed by atoms with E-state index >= 15 is 0 Å². The number of hydrogen-bond donors (Lipinski definition) is 0. The Hall–Kier alpha value is -7.96. The molecule has 1 unspecified atom stereocenters. The number of benzene rings is 8. The predicted octanol–water partition coefficient (Wildman–Crippen LogP) is 12.6. The van der Waals surface area contributed by atoms with Gasteiger partial charge < -0.3 is 4.90 Å². The van der Waals surface area contributed by atoms with Gasteiger partial charge in [0.1, 0.15) is 17.8 Å². The summed E-state index contributed by atoms with van der Waals surface area (Å²) in [5.41, 5.74) is 12.8. The van der Waals surface area contributed by atoms with Gasteiger partial charge in [0, 0.05) is 51.8 Å². The maximum atomic E-state index is 5.34. The summed E-state index contributed by atoms with van der Waals surface area (Å²) in [4.78, 5) is 22.7. The smallest absolute Gasteiger partial charge is 0.159 e. The summed E-state index contributed by atoms with van der Waals surface area (Å²) in [6.45, 7) is 0. The number of amidine groups is 2. The zero-order chi connectivity index (χ0) is 40.0. The average Bonchev–Trinajstić information content (AvgIpc) is 3.74. The quantitative estimate of drug-likeness (QED) is 0.152. The second-order valence-corrected chi connectivity index (χ2v) is 15.1. The van der Waals surface area contributed by atoms with Gasteiger partial charge in [-0.05, 0) is 52.1 Å². The van der Waals surface area contributed by atoms with Gasteiger partial charge in [-0.25, -0.2) is 15.0 Å². The van der Waals surface area contributed by atoms with Crippen molar-refractivity contribution in [1.29, 1.82) is 0 Å². The van der Waals surface area contributed by atoms with Crippen molar-refractivity contribution in [2.45, 2.75) is 6.17 Å². The Morgan fingerprint density at radius 3 is 1.62 bits per heavy atom. The van der Waals surface area contributed by atoms with E-state index in [1.54, 1.807) is 0 Å².